The van der Waals surface area contributed by atoms with Crippen molar-refractivity contribution in [3.05, 3.63) is 89.8 Å². The zero-order valence-electron chi connectivity index (χ0n) is 22.9. The van der Waals surface area contributed by atoms with Gasteiger partial charge in [-0.15, -0.1) is 0 Å². The Hall–Kier alpha value is -4.79. The molecule has 1 atom stereocenters. The van der Waals surface area contributed by atoms with Crippen molar-refractivity contribution in [2.45, 2.75) is 57.4 Å². The molecule has 3 N–H and O–H groups in total. The van der Waals surface area contributed by atoms with Crippen LogP contribution >= 0.6 is 0 Å². The number of amides is 2. The standard InChI is InChI=1S/C32H33N5O4/c1-21(19-29(38)35-25-14-10-22(11-15-25)12-17-30(39)40)34-32(41)24-13-16-26-27(20-24)36-37(28-9-5-6-18-33-28)31(26)23-7-3-2-4-8-23/h5-6,9-18,20-21,23H,2-4,7-8,19H2,1H3,(H,34,41)(H,35,38)(H,39,40)/t21-/m1/s1. The third-order valence-electron chi connectivity index (χ3n) is 7.31. The van der Waals surface area contributed by atoms with Crippen LogP contribution < -0.4 is 10.6 Å². The number of carboxylic acids is 1. The maximum absolute atomic E-state index is 13.1. The summed E-state index contributed by atoms with van der Waals surface area (Å²) in [5.41, 5.74) is 3.68. The molecule has 1 aliphatic carbocycles. The number of aromatic nitrogens is 3. The minimum absolute atomic E-state index is 0.0920. The van der Waals surface area contributed by atoms with Gasteiger partial charge in [0.1, 0.15) is 0 Å². The minimum atomic E-state index is -1.03. The number of hydrogen-bond acceptors (Lipinski definition) is 5. The first-order valence-corrected chi connectivity index (χ1v) is 13.9. The van der Waals surface area contributed by atoms with Gasteiger partial charge in [-0.1, -0.05) is 43.5 Å². The van der Waals surface area contributed by atoms with E-state index in [1.54, 1.807) is 37.4 Å². The first kappa shape index (κ1) is 27.8. The summed E-state index contributed by atoms with van der Waals surface area (Å²) in [7, 11) is 0. The predicted molar refractivity (Wildman–Crippen MR) is 158 cm³/mol. The molecule has 2 aromatic heterocycles. The van der Waals surface area contributed by atoms with Crippen LogP contribution in [0.3, 0.4) is 0 Å². The van der Waals surface area contributed by atoms with E-state index in [-0.39, 0.29) is 18.2 Å². The fourth-order valence-corrected chi connectivity index (χ4v) is 5.36. The fourth-order valence-electron chi connectivity index (χ4n) is 5.36. The summed E-state index contributed by atoms with van der Waals surface area (Å²) >= 11 is 0. The molecule has 2 aromatic carbocycles. The number of rotatable bonds is 9. The molecule has 0 unspecified atom stereocenters. The molecule has 0 spiro atoms. The van der Waals surface area contributed by atoms with Crippen molar-refractivity contribution in [1.29, 1.82) is 0 Å². The molecular formula is C32H33N5O4. The highest BCUT2D eigenvalue weighted by Gasteiger charge is 2.25. The van der Waals surface area contributed by atoms with Crippen molar-refractivity contribution in [2.75, 3.05) is 5.32 Å². The van der Waals surface area contributed by atoms with Gasteiger partial charge in [-0.2, -0.15) is 5.10 Å². The summed E-state index contributed by atoms with van der Waals surface area (Å²) < 4.78 is 1.93. The molecular weight excluding hydrogens is 518 g/mol. The zero-order chi connectivity index (χ0) is 28.8. The highest BCUT2D eigenvalue weighted by atomic mass is 16.4. The van der Waals surface area contributed by atoms with E-state index < -0.39 is 12.0 Å². The molecule has 5 rings (SSSR count). The van der Waals surface area contributed by atoms with Crippen LogP contribution in [-0.2, 0) is 9.59 Å². The Balaban J connectivity index is 1.26. The molecule has 2 heterocycles. The average Bonchev–Trinajstić information content (AvgIpc) is 3.36. The van der Waals surface area contributed by atoms with E-state index in [1.165, 1.54) is 25.3 Å². The first-order valence-electron chi connectivity index (χ1n) is 13.9. The normalized spacial score (nSPS) is 14.7. The number of fused-ring (bicyclic) bond motifs is 1. The summed E-state index contributed by atoms with van der Waals surface area (Å²) in [6.45, 7) is 1.78. The molecule has 1 fully saturated rings. The number of nitrogens with one attached hydrogen (secondary N) is 2. The Morgan fingerprint density at radius 3 is 2.54 bits per heavy atom. The van der Waals surface area contributed by atoms with E-state index in [2.05, 4.69) is 15.6 Å². The number of carbonyl (C=O) groups is 3. The number of anilines is 1. The van der Waals surface area contributed by atoms with Gasteiger partial charge in [0.2, 0.25) is 5.91 Å². The molecule has 210 valence electrons. The van der Waals surface area contributed by atoms with Crippen LogP contribution in [0.5, 0.6) is 0 Å². The van der Waals surface area contributed by atoms with Crippen LogP contribution in [0.25, 0.3) is 22.8 Å². The molecule has 9 heteroatoms. The second kappa shape index (κ2) is 12.6. The summed E-state index contributed by atoms with van der Waals surface area (Å²) in [6, 6.07) is 17.8. The lowest BCUT2D eigenvalue weighted by Gasteiger charge is -2.22. The maximum atomic E-state index is 13.1. The molecule has 4 aromatic rings. The summed E-state index contributed by atoms with van der Waals surface area (Å²) in [5, 5.41) is 20.4. The van der Waals surface area contributed by atoms with Crippen LogP contribution in [-0.4, -0.2) is 43.7 Å². The van der Waals surface area contributed by atoms with Crippen LogP contribution in [0.2, 0.25) is 0 Å². The van der Waals surface area contributed by atoms with E-state index in [9.17, 15) is 14.4 Å². The lowest BCUT2D eigenvalue weighted by Crippen LogP contribution is -2.35. The van der Waals surface area contributed by atoms with Gasteiger partial charge in [-0.3, -0.25) is 9.59 Å². The average molecular weight is 552 g/mol. The molecule has 0 saturated heterocycles. The molecule has 2 amide bonds. The van der Waals surface area contributed by atoms with E-state index in [1.807, 2.05) is 41.1 Å². The molecule has 0 aliphatic heterocycles. The SMILES string of the molecule is C[C@H](CC(=O)Nc1ccc(C=CC(=O)O)cc1)NC(=O)c1ccc2c(C3CCCCC3)n(-c3ccccn3)nc2c1. The van der Waals surface area contributed by atoms with Crippen molar-refractivity contribution in [3.63, 3.8) is 0 Å². The van der Waals surface area contributed by atoms with Gasteiger partial charge < -0.3 is 15.7 Å². The van der Waals surface area contributed by atoms with Gasteiger partial charge in [-0.05, 0) is 67.8 Å². The Labute approximate surface area is 238 Å². The molecule has 9 nitrogen and oxygen atoms in total. The van der Waals surface area contributed by atoms with Crippen molar-refractivity contribution in [2.24, 2.45) is 0 Å². The molecule has 0 radical (unpaired) electrons. The summed E-state index contributed by atoms with van der Waals surface area (Å²) in [5.74, 6) is -0.379. The highest BCUT2D eigenvalue weighted by Crippen LogP contribution is 2.37. The molecule has 41 heavy (non-hydrogen) atoms. The quantitative estimate of drug-likeness (QED) is 0.229. The predicted octanol–water partition coefficient (Wildman–Crippen LogP) is 5.71. The Bertz CT molecular complexity index is 1570. The highest BCUT2D eigenvalue weighted by molar-refractivity contribution is 5.99. The fraction of sp³-hybridized carbons (Fsp3) is 0.281. The number of carbonyl (C=O) groups excluding carboxylic acids is 2. The van der Waals surface area contributed by atoms with E-state index >= 15 is 0 Å². The van der Waals surface area contributed by atoms with Crippen molar-refractivity contribution in [1.82, 2.24) is 20.1 Å². The van der Waals surface area contributed by atoms with Gasteiger partial charge in [-0.25, -0.2) is 14.5 Å². The second-order valence-corrected chi connectivity index (χ2v) is 10.5. The zero-order valence-corrected chi connectivity index (χ0v) is 22.9. The third-order valence-corrected chi connectivity index (χ3v) is 7.31. The van der Waals surface area contributed by atoms with Crippen molar-refractivity contribution < 1.29 is 19.5 Å². The van der Waals surface area contributed by atoms with Crippen molar-refractivity contribution >= 4 is 40.4 Å². The van der Waals surface area contributed by atoms with Crippen molar-refractivity contribution in [3.8, 4) is 5.82 Å². The Morgan fingerprint density at radius 1 is 1.05 bits per heavy atom. The number of hydrogen-bond donors (Lipinski definition) is 3. The van der Waals surface area contributed by atoms with E-state index in [0.29, 0.717) is 22.7 Å². The number of benzene rings is 2. The topological polar surface area (TPSA) is 126 Å². The van der Waals surface area contributed by atoms with Crippen LogP contribution in [0, 0.1) is 0 Å². The molecule has 1 aliphatic rings. The first-order chi connectivity index (χ1) is 19.9. The van der Waals surface area contributed by atoms with Gasteiger partial charge in [0.05, 0.1) is 11.2 Å². The number of pyridine rings is 1. The summed E-state index contributed by atoms with van der Waals surface area (Å²) in [6.07, 6.45) is 10.3. The number of carboxylic acid groups (broad SMARTS) is 1. The number of nitrogens with zero attached hydrogens (tertiary/aromatic N) is 3. The van der Waals surface area contributed by atoms with Crippen LogP contribution in [0.1, 0.15) is 73.0 Å². The Kier molecular flexibility index (Phi) is 8.53. The van der Waals surface area contributed by atoms with Gasteiger partial charge in [0.15, 0.2) is 5.82 Å². The van der Waals surface area contributed by atoms with E-state index in [4.69, 9.17) is 10.2 Å². The minimum Gasteiger partial charge on any atom is -0.478 e. The number of aliphatic carboxylic acids is 1. The lowest BCUT2D eigenvalue weighted by atomic mass is 9.85. The van der Waals surface area contributed by atoms with Gasteiger partial charge >= 0.3 is 5.97 Å². The molecule has 0 bridgehead atoms. The smallest absolute Gasteiger partial charge is 0.328 e. The van der Waals surface area contributed by atoms with Gasteiger partial charge in [0.25, 0.3) is 5.91 Å². The van der Waals surface area contributed by atoms with Crippen LogP contribution in [0.15, 0.2) is 72.9 Å². The summed E-state index contributed by atoms with van der Waals surface area (Å²) in [4.78, 5) is 40.9. The van der Waals surface area contributed by atoms with Gasteiger partial charge in [0, 0.05) is 47.3 Å². The van der Waals surface area contributed by atoms with E-state index in [0.717, 1.165) is 41.3 Å². The second-order valence-electron chi connectivity index (χ2n) is 10.5. The third kappa shape index (κ3) is 6.87. The monoisotopic (exact) mass is 551 g/mol. The maximum Gasteiger partial charge on any atom is 0.328 e. The Morgan fingerprint density at radius 2 is 1.83 bits per heavy atom. The largest absolute Gasteiger partial charge is 0.478 e. The molecule has 1 saturated carbocycles. The lowest BCUT2D eigenvalue weighted by molar-refractivity contribution is -0.131. The van der Waals surface area contributed by atoms with Crippen LogP contribution in [0.4, 0.5) is 5.69 Å².